The van der Waals surface area contributed by atoms with Crippen LogP contribution in [-0.4, -0.2) is 49.7 Å². The first-order valence-corrected chi connectivity index (χ1v) is 11.8. The van der Waals surface area contributed by atoms with Crippen LogP contribution in [0.3, 0.4) is 0 Å². The number of halogens is 2. The molecule has 2 aliphatic heterocycles. The smallest absolute Gasteiger partial charge is 0.225 e. The first-order valence-electron chi connectivity index (χ1n) is 9.47. The van der Waals surface area contributed by atoms with E-state index in [9.17, 15) is 13.2 Å². The minimum Gasteiger partial charge on any atom is -0.342 e. The molecule has 1 atom stereocenters. The minimum absolute atomic E-state index is 0.0632. The van der Waals surface area contributed by atoms with Gasteiger partial charge in [-0.25, -0.2) is 12.7 Å². The number of hydrogen-bond acceptors (Lipinski definition) is 3. The molecule has 1 aromatic rings. The molecular formula is C19H26Cl2N2O3S. The number of carbonyl (C=O) groups excluding carboxylic acids is 1. The van der Waals surface area contributed by atoms with Gasteiger partial charge in [0.2, 0.25) is 15.9 Å². The Balaban J connectivity index is 1.57. The van der Waals surface area contributed by atoms with Crippen LogP contribution >= 0.6 is 23.2 Å². The Bertz CT molecular complexity index is 792. The molecule has 2 aliphatic rings. The highest BCUT2D eigenvalue weighted by Gasteiger charge is 2.34. The fraction of sp³-hybridized carbons (Fsp3) is 0.632. The van der Waals surface area contributed by atoms with Crippen LogP contribution in [0.25, 0.3) is 0 Å². The van der Waals surface area contributed by atoms with Gasteiger partial charge in [-0.1, -0.05) is 36.2 Å². The molecule has 0 spiro atoms. The van der Waals surface area contributed by atoms with Crippen LogP contribution < -0.4 is 0 Å². The average Bonchev–Trinajstić information content (AvgIpc) is 2.64. The summed E-state index contributed by atoms with van der Waals surface area (Å²) in [5, 5.41) is 0.758. The molecule has 2 saturated heterocycles. The van der Waals surface area contributed by atoms with Gasteiger partial charge in [0.25, 0.3) is 0 Å². The van der Waals surface area contributed by atoms with Crippen LogP contribution in [0.1, 0.15) is 38.2 Å². The molecule has 0 radical (unpaired) electrons. The molecule has 1 aromatic carbocycles. The van der Waals surface area contributed by atoms with Gasteiger partial charge in [0, 0.05) is 32.1 Å². The van der Waals surface area contributed by atoms with Crippen molar-refractivity contribution >= 4 is 39.1 Å². The molecule has 0 aliphatic carbocycles. The molecule has 0 N–H and O–H groups in total. The van der Waals surface area contributed by atoms with Gasteiger partial charge in [0.15, 0.2) is 0 Å². The fourth-order valence-corrected chi connectivity index (χ4v) is 5.83. The molecule has 1 amide bonds. The highest BCUT2D eigenvalue weighted by atomic mass is 35.5. The lowest BCUT2D eigenvalue weighted by atomic mass is 9.93. The summed E-state index contributed by atoms with van der Waals surface area (Å²) in [6.07, 6.45) is 3.41. The summed E-state index contributed by atoms with van der Waals surface area (Å²) in [5.74, 6) is 0.579. The normalized spacial score (nSPS) is 22.8. The maximum Gasteiger partial charge on any atom is 0.225 e. The standard InChI is InChI=1S/C19H26Cl2N2O3S/c1-14-3-2-8-22(12-14)19(24)16-6-9-23(10-7-16)27(25,26)13-15-4-5-17(20)18(21)11-15/h4-5,11,14,16H,2-3,6-10,12-13H2,1H3. The summed E-state index contributed by atoms with van der Waals surface area (Å²) in [6.45, 7) is 4.62. The molecule has 8 heteroatoms. The van der Waals surface area contributed by atoms with Crippen molar-refractivity contribution in [2.75, 3.05) is 26.2 Å². The Morgan fingerprint density at radius 3 is 2.44 bits per heavy atom. The topological polar surface area (TPSA) is 57.7 Å². The fourth-order valence-electron chi connectivity index (χ4n) is 3.96. The molecule has 2 fully saturated rings. The monoisotopic (exact) mass is 432 g/mol. The third kappa shape index (κ3) is 5.17. The summed E-state index contributed by atoms with van der Waals surface area (Å²) in [5.41, 5.74) is 0.616. The molecule has 3 rings (SSSR count). The van der Waals surface area contributed by atoms with Crippen molar-refractivity contribution in [2.45, 2.75) is 38.4 Å². The number of benzene rings is 1. The van der Waals surface area contributed by atoms with Gasteiger partial charge in [-0.05, 0) is 49.3 Å². The van der Waals surface area contributed by atoms with E-state index in [0.717, 1.165) is 19.5 Å². The Labute approximate surface area is 171 Å². The van der Waals surface area contributed by atoms with Gasteiger partial charge >= 0.3 is 0 Å². The number of piperidine rings is 2. The van der Waals surface area contributed by atoms with Crippen LogP contribution in [0.15, 0.2) is 18.2 Å². The van der Waals surface area contributed by atoms with E-state index >= 15 is 0 Å². The quantitative estimate of drug-likeness (QED) is 0.726. The third-order valence-corrected chi connectivity index (χ3v) is 8.09. The van der Waals surface area contributed by atoms with Crippen molar-refractivity contribution in [2.24, 2.45) is 11.8 Å². The summed E-state index contributed by atoms with van der Waals surface area (Å²) in [7, 11) is -3.44. The van der Waals surface area contributed by atoms with Gasteiger partial charge in [-0.3, -0.25) is 4.79 Å². The lowest BCUT2D eigenvalue weighted by molar-refractivity contribution is -0.138. The summed E-state index contributed by atoms with van der Waals surface area (Å²) >= 11 is 11.9. The van der Waals surface area contributed by atoms with Crippen molar-refractivity contribution in [3.63, 3.8) is 0 Å². The summed E-state index contributed by atoms with van der Waals surface area (Å²) in [4.78, 5) is 14.7. The Morgan fingerprint density at radius 1 is 1.11 bits per heavy atom. The highest BCUT2D eigenvalue weighted by molar-refractivity contribution is 7.88. The predicted octanol–water partition coefficient (Wildman–Crippen LogP) is 3.79. The first-order chi connectivity index (χ1) is 12.8. The van der Waals surface area contributed by atoms with E-state index in [0.29, 0.717) is 47.5 Å². The average molecular weight is 433 g/mol. The number of amides is 1. The molecule has 0 saturated carbocycles. The van der Waals surface area contributed by atoms with Crippen LogP contribution in [0.4, 0.5) is 0 Å². The molecule has 27 heavy (non-hydrogen) atoms. The van der Waals surface area contributed by atoms with Crippen molar-refractivity contribution < 1.29 is 13.2 Å². The maximum atomic E-state index is 12.7. The lowest BCUT2D eigenvalue weighted by Crippen LogP contribution is -2.47. The number of nitrogens with zero attached hydrogens (tertiary/aromatic N) is 2. The molecule has 0 aromatic heterocycles. The van der Waals surface area contributed by atoms with E-state index < -0.39 is 10.0 Å². The molecule has 1 unspecified atom stereocenters. The predicted molar refractivity (Wildman–Crippen MR) is 108 cm³/mol. The second kappa shape index (κ2) is 8.68. The summed E-state index contributed by atoms with van der Waals surface area (Å²) < 4.78 is 27.0. The van der Waals surface area contributed by atoms with Crippen LogP contribution in [0.5, 0.6) is 0 Å². The number of likely N-dealkylation sites (tertiary alicyclic amines) is 1. The van der Waals surface area contributed by atoms with E-state index in [1.165, 1.54) is 10.7 Å². The summed E-state index contributed by atoms with van der Waals surface area (Å²) in [6, 6.07) is 4.88. The van der Waals surface area contributed by atoms with Crippen molar-refractivity contribution in [3.8, 4) is 0 Å². The second-order valence-electron chi connectivity index (χ2n) is 7.71. The van der Waals surface area contributed by atoms with Gasteiger partial charge in [-0.2, -0.15) is 0 Å². The Morgan fingerprint density at radius 2 is 1.81 bits per heavy atom. The molecular weight excluding hydrogens is 407 g/mol. The van der Waals surface area contributed by atoms with E-state index in [1.807, 2.05) is 4.90 Å². The number of sulfonamides is 1. The minimum atomic E-state index is -3.44. The van der Waals surface area contributed by atoms with Crippen molar-refractivity contribution in [3.05, 3.63) is 33.8 Å². The van der Waals surface area contributed by atoms with Gasteiger partial charge in [0.05, 0.1) is 15.8 Å². The number of hydrogen-bond donors (Lipinski definition) is 0. The largest absolute Gasteiger partial charge is 0.342 e. The van der Waals surface area contributed by atoms with Crippen LogP contribution in [-0.2, 0) is 20.6 Å². The SMILES string of the molecule is CC1CCCN(C(=O)C2CCN(S(=O)(=O)Cc3ccc(Cl)c(Cl)c3)CC2)C1. The van der Waals surface area contributed by atoms with Crippen LogP contribution in [0.2, 0.25) is 10.0 Å². The van der Waals surface area contributed by atoms with E-state index in [4.69, 9.17) is 23.2 Å². The lowest BCUT2D eigenvalue weighted by Gasteiger charge is -2.36. The number of carbonyl (C=O) groups is 1. The highest BCUT2D eigenvalue weighted by Crippen LogP contribution is 2.27. The zero-order chi connectivity index (χ0) is 19.6. The van der Waals surface area contributed by atoms with Crippen molar-refractivity contribution in [1.82, 2.24) is 9.21 Å². The van der Waals surface area contributed by atoms with E-state index in [-0.39, 0.29) is 17.6 Å². The van der Waals surface area contributed by atoms with Gasteiger partial charge < -0.3 is 4.90 Å². The zero-order valence-electron chi connectivity index (χ0n) is 15.5. The van der Waals surface area contributed by atoms with Crippen molar-refractivity contribution in [1.29, 1.82) is 0 Å². The third-order valence-electron chi connectivity index (χ3n) is 5.50. The maximum absolute atomic E-state index is 12.7. The number of rotatable bonds is 4. The second-order valence-corrected chi connectivity index (χ2v) is 10.5. The van der Waals surface area contributed by atoms with Gasteiger partial charge in [0.1, 0.15) is 0 Å². The Hall–Kier alpha value is -0.820. The van der Waals surface area contributed by atoms with E-state index in [2.05, 4.69) is 6.92 Å². The molecule has 2 heterocycles. The van der Waals surface area contributed by atoms with Gasteiger partial charge in [-0.15, -0.1) is 0 Å². The van der Waals surface area contributed by atoms with E-state index in [1.54, 1.807) is 18.2 Å². The first kappa shape index (κ1) is 20.9. The molecule has 150 valence electrons. The molecule has 5 nitrogen and oxygen atoms in total. The van der Waals surface area contributed by atoms with Crippen LogP contribution in [0, 0.1) is 11.8 Å². The Kier molecular flexibility index (Phi) is 6.72. The molecule has 0 bridgehead atoms. The zero-order valence-corrected chi connectivity index (χ0v) is 17.9.